The van der Waals surface area contributed by atoms with Gasteiger partial charge in [-0.15, -0.1) is 24.0 Å². The van der Waals surface area contributed by atoms with E-state index in [1.54, 1.807) is 26.2 Å². The molecule has 2 N–H and O–H groups in total. The number of guanidine groups is 1. The summed E-state index contributed by atoms with van der Waals surface area (Å²) in [6, 6.07) is 5.27. The van der Waals surface area contributed by atoms with Gasteiger partial charge in [-0.05, 0) is 44.4 Å². The van der Waals surface area contributed by atoms with E-state index in [1.807, 2.05) is 19.9 Å². The van der Waals surface area contributed by atoms with Crippen LogP contribution in [0.3, 0.4) is 0 Å². The van der Waals surface area contributed by atoms with Crippen molar-refractivity contribution in [1.29, 1.82) is 0 Å². The summed E-state index contributed by atoms with van der Waals surface area (Å²) in [5, 5.41) is 6.51. The van der Waals surface area contributed by atoms with Crippen LogP contribution < -0.4 is 10.6 Å². The van der Waals surface area contributed by atoms with Gasteiger partial charge >= 0.3 is 0 Å². The topological polar surface area (TPSA) is 54.9 Å². The number of halogens is 2. The van der Waals surface area contributed by atoms with Gasteiger partial charge in [0.15, 0.2) is 5.96 Å². The Morgan fingerprint density at radius 3 is 2.68 bits per heavy atom. The van der Waals surface area contributed by atoms with Gasteiger partial charge in [-0.1, -0.05) is 12.1 Å². The van der Waals surface area contributed by atoms with E-state index < -0.39 is 0 Å². The molecule has 0 bridgehead atoms. The molecule has 5 nitrogen and oxygen atoms in total. The maximum Gasteiger partial charge on any atom is 0.191 e. The lowest BCUT2D eigenvalue weighted by atomic mass is 10.1. The van der Waals surface area contributed by atoms with Crippen LogP contribution in [0.4, 0.5) is 4.39 Å². The summed E-state index contributed by atoms with van der Waals surface area (Å²) in [7, 11) is 1.66. The Hall–Kier alpha value is -0.930. The molecule has 144 valence electrons. The van der Waals surface area contributed by atoms with Gasteiger partial charge in [0.05, 0.1) is 19.3 Å². The van der Waals surface area contributed by atoms with E-state index in [2.05, 4.69) is 15.6 Å². The van der Waals surface area contributed by atoms with Crippen LogP contribution in [-0.4, -0.2) is 46.0 Å². The van der Waals surface area contributed by atoms with Crippen LogP contribution in [0.5, 0.6) is 0 Å². The molecule has 1 rings (SSSR count). The smallest absolute Gasteiger partial charge is 0.191 e. The number of methoxy groups -OCH3 is 1. The first-order valence-electron chi connectivity index (χ1n) is 8.46. The average molecular weight is 467 g/mol. The number of hydrogen-bond donors (Lipinski definition) is 2. The molecule has 1 atom stereocenters. The zero-order chi connectivity index (χ0) is 17.8. The molecule has 0 fully saturated rings. The molecule has 1 aromatic rings. The first-order valence-corrected chi connectivity index (χ1v) is 8.46. The predicted molar refractivity (Wildman–Crippen MR) is 111 cm³/mol. The highest BCUT2D eigenvalue weighted by Gasteiger charge is 2.09. The van der Waals surface area contributed by atoms with Crippen LogP contribution in [0.2, 0.25) is 0 Å². The van der Waals surface area contributed by atoms with Crippen molar-refractivity contribution in [2.45, 2.75) is 33.2 Å². The fraction of sp³-hybridized carbons (Fsp3) is 0.611. The van der Waals surface area contributed by atoms with Gasteiger partial charge in [-0.3, -0.25) is 4.99 Å². The van der Waals surface area contributed by atoms with E-state index in [1.165, 1.54) is 0 Å². The van der Waals surface area contributed by atoms with Crippen LogP contribution >= 0.6 is 24.0 Å². The molecule has 0 saturated heterocycles. The maximum atomic E-state index is 13.7. The van der Waals surface area contributed by atoms with E-state index in [-0.39, 0.29) is 35.8 Å². The van der Waals surface area contributed by atoms with Gasteiger partial charge < -0.3 is 20.1 Å². The van der Waals surface area contributed by atoms with Crippen LogP contribution in [0.1, 0.15) is 37.4 Å². The fourth-order valence-corrected chi connectivity index (χ4v) is 2.09. The minimum Gasteiger partial charge on any atom is -0.382 e. The van der Waals surface area contributed by atoms with Crippen molar-refractivity contribution in [1.82, 2.24) is 10.6 Å². The van der Waals surface area contributed by atoms with Crippen molar-refractivity contribution in [3.8, 4) is 0 Å². The summed E-state index contributed by atoms with van der Waals surface area (Å²) in [5.74, 6) is 0.541. The molecule has 0 radical (unpaired) electrons. The SMILES string of the molecule is CCNC(=NCCCOCCOC)NC(C)c1ccc(C)c(F)c1.I. The standard InChI is InChI=1S/C18H30FN3O2.HI/c1-5-20-18(21-9-6-10-24-12-11-23-4)22-15(3)16-8-7-14(2)17(19)13-16;/h7-8,13,15H,5-6,9-12H2,1-4H3,(H2,20,21,22);1H. The third-order valence-electron chi connectivity index (χ3n) is 3.54. The van der Waals surface area contributed by atoms with E-state index in [0.717, 1.165) is 24.5 Å². The summed E-state index contributed by atoms with van der Waals surface area (Å²) in [5.41, 5.74) is 1.55. The second-order valence-electron chi connectivity index (χ2n) is 5.59. The molecule has 25 heavy (non-hydrogen) atoms. The quantitative estimate of drug-likeness (QED) is 0.240. The van der Waals surface area contributed by atoms with Crippen molar-refractivity contribution in [3.63, 3.8) is 0 Å². The molecule has 0 amide bonds. The third kappa shape index (κ3) is 9.96. The Morgan fingerprint density at radius 2 is 2.04 bits per heavy atom. The van der Waals surface area contributed by atoms with E-state index in [9.17, 15) is 4.39 Å². The van der Waals surface area contributed by atoms with Crippen molar-refractivity contribution < 1.29 is 13.9 Å². The molecular weight excluding hydrogens is 436 g/mol. The first-order chi connectivity index (χ1) is 11.6. The second kappa shape index (κ2) is 14.3. The highest BCUT2D eigenvalue weighted by Crippen LogP contribution is 2.16. The minimum atomic E-state index is -0.184. The zero-order valence-electron chi connectivity index (χ0n) is 15.6. The first kappa shape index (κ1) is 24.1. The lowest BCUT2D eigenvalue weighted by Gasteiger charge is -2.18. The fourth-order valence-electron chi connectivity index (χ4n) is 2.09. The van der Waals surface area contributed by atoms with Gasteiger partial charge in [-0.2, -0.15) is 0 Å². The molecule has 0 aromatic heterocycles. The normalized spacial score (nSPS) is 12.4. The number of nitrogens with zero attached hydrogens (tertiary/aromatic N) is 1. The molecule has 1 aromatic carbocycles. The summed E-state index contributed by atoms with van der Waals surface area (Å²) in [6.45, 7) is 9.07. The highest BCUT2D eigenvalue weighted by atomic mass is 127. The Balaban J connectivity index is 0.00000576. The Labute approximate surface area is 167 Å². The summed E-state index contributed by atoms with van der Waals surface area (Å²) in [6.07, 6.45) is 0.841. The summed E-state index contributed by atoms with van der Waals surface area (Å²) >= 11 is 0. The summed E-state index contributed by atoms with van der Waals surface area (Å²) < 4.78 is 24.0. The van der Waals surface area contributed by atoms with Gasteiger partial charge in [0, 0.05) is 26.8 Å². The van der Waals surface area contributed by atoms with E-state index in [4.69, 9.17) is 9.47 Å². The number of benzene rings is 1. The summed E-state index contributed by atoms with van der Waals surface area (Å²) in [4.78, 5) is 4.53. The van der Waals surface area contributed by atoms with Crippen LogP contribution in [0, 0.1) is 12.7 Å². The zero-order valence-corrected chi connectivity index (χ0v) is 17.9. The van der Waals surface area contributed by atoms with Crippen molar-refractivity contribution in [2.24, 2.45) is 4.99 Å². The minimum absolute atomic E-state index is 0. The van der Waals surface area contributed by atoms with Gasteiger partial charge in [0.2, 0.25) is 0 Å². The average Bonchev–Trinajstić information content (AvgIpc) is 2.56. The third-order valence-corrected chi connectivity index (χ3v) is 3.54. The maximum absolute atomic E-state index is 13.7. The Morgan fingerprint density at radius 1 is 1.28 bits per heavy atom. The molecule has 0 heterocycles. The number of ether oxygens (including phenoxy) is 2. The van der Waals surface area contributed by atoms with Crippen molar-refractivity contribution in [2.75, 3.05) is 40.0 Å². The van der Waals surface area contributed by atoms with Crippen LogP contribution in [0.25, 0.3) is 0 Å². The second-order valence-corrected chi connectivity index (χ2v) is 5.59. The van der Waals surface area contributed by atoms with Crippen molar-refractivity contribution >= 4 is 29.9 Å². The van der Waals surface area contributed by atoms with E-state index in [0.29, 0.717) is 31.9 Å². The number of aliphatic imine (C=N–C) groups is 1. The van der Waals surface area contributed by atoms with Crippen LogP contribution in [-0.2, 0) is 9.47 Å². The number of hydrogen-bond acceptors (Lipinski definition) is 3. The molecule has 0 spiro atoms. The Kier molecular flexibility index (Phi) is 13.7. The van der Waals surface area contributed by atoms with Gasteiger partial charge in [-0.25, -0.2) is 4.39 Å². The predicted octanol–water partition coefficient (Wildman–Crippen LogP) is 3.42. The van der Waals surface area contributed by atoms with E-state index >= 15 is 0 Å². The molecule has 0 aliphatic heterocycles. The largest absolute Gasteiger partial charge is 0.382 e. The lowest BCUT2D eigenvalue weighted by molar-refractivity contribution is 0.0702. The molecule has 1 unspecified atom stereocenters. The highest BCUT2D eigenvalue weighted by molar-refractivity contribution is 14.0. The van der Waals surface area contributed by atoms with Crippen molar-refractivity contribution in [3.05, 3.63) is 35.1 Å². The number of nitrogens with one attached hydrogen (secondary N) is 2. The molecule has 0 aliphatic rings. The molecule has 7 heteroatoms. The molecule has 0 aliphatic carbocycles. The van der Waals surface area contributed by atoms with Crippen LogP contribution in [0.15, 0.2) is 23.2 Å². The number of rotatable bonds is 10. The van der Waals surface area contributed by atoms with Gasteiger partial charge in [0.1, 0.15) is 5.82 Å². The van der Waals surface area contributed by atoms with Gasteiger partial charge in [0.25, 0.3) is 0 Å². The molecule has 0 saturated carbocycles. The lowest BCUT2D eigenvalue weighted by Crippen LogP contribution is -2.38. The Bertz CT molecular complexity index is 515. The monoisotopic (exact) mass is 467 g/mol. The number of aryl methyl sites for hydroxylation is 1. The molecular formula is C18H31FIN3O2.